The Bertz CT molecular complexity index is 1150. The summed E-state index contributed by atoms with van der Waals surface area (Å²) in [6, 6.07) is 8.12. The Morgan fingerprint density at radius 2 is 2.19 bits per heavy atom. The van der Waals surface area contributed by atoms with Crippen molar-refractivity contribution in [3.05, 3.63) is 53.6 Å². The molecule has 1 saturated heterocycles. The highest BCUT2D eigenvalue weighted by molar-refractivity contribution is 6.10. The van der Waals surface area contributed by atoms with Gasteiger partial charge in [-0.3, -0.25) is 4.79 Å². The van der Waals surface area contributed by atoms with E-state index in [-0.39, 0.29) is 23.5 Å². The summed E-state index contributed by atoms with van der Waals surface area (Å²) in [7, 11) is 1.30. The zero-order valence-electron chi connectivity index (χ0n) is 18.0. The number of carbonyl (C=O) groups is 2. The van der Waals surface area contributed by atoms with Gasteiger partial charge in [0.1, 0.15) is 11.5 Å². The second kappa shape index (κ2) is 9.35. The quantitative estimate of drug-likeness (QED) is 0.544. The lowest BCUT2D eigenvalue weighted by Crippen LogP contribution is -2.21. The molecule has 1 unspecified atom stereocenters. The van der Waals surface area contributed by atoms with Crippen LogP contribution >= 0.6 is 0 Å². The van der Waals surface area contributed by atoms with Crippen molar-refractivity contribution in [1.29, 1.82) is 0 Å². The summed E-state index contributed by atoms with van der Waals surface area (Å²) >= 11 is 0. The molecular weight excluding hydrogens is 415 g/mol. The molecule has 1 aliphatic rings. The van der Waals surface area contributed by atoms with Crippen LogP contribution in [0.15, 0.2) is 36.5 Å². The van der Waals surface area contributed by atoms with E-state index in [2.05, 4.69) is 15.6 Å². The number of anilines is 2. The van der Waals surface area contributed by atoms with Gasteiger partial charge in [0, 0.05) is 25.5 Å². The number of ether oxygens (including phenoxy) is 2. The summed E-state index contributed by atoms with van der Waals surface area (Å²) in [5.41, 5.74) is 2.56. The lowest BCUT2D eigenvalue weighted by molar-refractivity contribution is -0.114. The molecular formula is C23H25FN4O4. The van der Waals surface area contributed by atoms with Crippen LogP contribution in [0.1, 0.15) is 35.8 Å². The van der Waals surface area contributed by atoms with Crippen molar-refractivity contribution in [2.45, 2.75) is 39.0 Å². The van der Waals surface area contributed by atoms with Crippen molar-refractivity contribution in [2.75, 3.05) is 24.4 Å². The van der Waals surface area contributed by atoms with Crippen molar-refractivity contribution in [3.8, 4) is 0 Å². The number of fused-ring (bicyclic) bond motifs is 1. The van der Waals surface area contributed by atoms with E-state index in [0.29, 0.717) is 42.1 Å². The number of nitrogens with one attached hydrogen (secondary N) is 2. The number of esters is 1. The number of nitrogens with zero attached hydrogens (tertiary/aromatic N) is 2. The lowest BCUT2D eigenvalue weighted by Gasteiger charge is -2.14. The van der Waals surface area contributed by atoms with Gasteiger partial charge in [0.25, 0.3) is 0 Å². The molecule has 1 fully saturated rings. The molecule has 1 aliphatic heterocycles. The third-order valence-corrected chi connectivity index (χ3v) is 5.37. The molecule has 0 saturated carbocycles. The Labute approximate surface area is 184 Å². The van der Waals surface area contributed by atoms with Crippen LogP contribution in [-0.2, 0) is 27.4 Å². The smallest absolute Gasteiger partial charge is 0.356 e. The van der Waals surface area contributed by atoms with Crippen LogP contribution in [-0.4, -0.2) is 41.2 Å². The van der Waals surface area contributed by atoms with E-state index < -0.39 is 5.97 Å². The number of pyridine rings is 1. The minimum absolute atomic E-state index is 0.0493. The molecule has 168 valence electrons. The highest BCUT2D eigenvalue weighted by Crippen LogP contribution is 2.33. The lowest BCUT2D eigenvalue weighted by atomic mass is 10.2. The first-order chi connectivity index (χ1) is 15.5. The molecule has 3 aromatic rings. The van der Waals surface area contributed by atoms with E-state index in [1.807, 2.05) is 12.1 Å². The van der Waals surface area contributed by atoms with Gasteiger partial charge in [-0.25, -0.2) is 14.2 Å². The number of benzene rings is 1. The molecule has 4 rings (SSSR count). The third kappa shape index (κ3) is 4.57. The number of halogens is 1. The van der Waals surface area contributed by atoms with Crippen LogP contribution in [0.2, 0.25) is 0 Å². The van der Waals surface area contributed by atoms with E-state index in [1.54, 1.807) is 16.8 Å². The number of carbonyl (C=O) groups excluding carboxylic acids is 2. The van der Waals surface area contributed by atoms with Crippen molar-refractivity contribution >= 4 is 34.3 Å². The van der Waals surface area contributed by atoms with Crippen LogP contribution in [0, 0.1) is 5.82 Å². The Hall–Kier alpha value is -3.46. The second-order valence-corrected chi connectivity index (χ2v) is 7.72. The number of hydrogen-bond donors (Lipinski definition) is 2. The van der Waals surface area contributed by atoms with Gasteiger partial charge in [0.15, 0.2) is 5.69 Å². The first kappa shape index (κ1) is 21.8. The molecule has 32 heavy (non-hydrogen) atoms. The maximum atomic E-state index is 13.5. The maximum absolute atomic E-state index is 13.5. The van der Waals surface area contributed by atoms with Crippen LogP contribution in [0.5, 0.6) is 0 Å². The fraction of sp³-hybridized carbons (Fsp3) is 0.348. The fourth-order valence-corrected chi connectivity index (χ4v) is 3.95. The van der Waals surface area contributed by atoms with Crippen LogP contribution in [0.4, 0.5) is 15.8 Å². The summed E-state index contributed by atoms with van der Waals surface area (Å²) in [5, 5.41) is 6.58. The molecule has 3 heterocycles. The zero-order valence-corrected chi connectivity index (χ0v) is 18.0. The number of aromatic nitrogens is 2. The molecule has 8 nitrogen and oxygen atoms in total. The van der Waals surface area contributed by atoms with Crippen molar-refractivity contribution < 1.29 is 23.5 Å². The number of rotatable bonds is 7. The summed E-state index contributed by atoms with van der Waals surface area (Å²) in [5.74, 6) is -1.19. The van der Waals surface area contributed by atoms with Gasteiger partial charge in [-0.2, -0.15) is 0 Å². The van der Waals surface area contributed by atoms with Crippen molar-refractivity contribution in [1.82, 2.24) is 9.55 Å². The topological polar surface area (TPSA) is 94.5 Å². The minimum Gasteiger partial charge on any atom is -0.464 e. The average molecular weight is 440 g/mol. The average Bonchev–Trinajstić information content (AvgIpc) is 3.38. The Morgan fingerprint density at radius 1 is 1.34 bits per heavy atom. The zero-order chi connectivity index (χ0) is 22.7. The molecule has 0 bridgehead atoms. The van der Waals surface area contributed by atoms with Crippen LogP contribution in [0.25, 0.3) is 11.0 Å². The normalized spacial score (nSPS) is 15.7. The Morgan fingerprint density at radius 3 is 2.88 bits per heavy atom. The summed E-state index contributed by atoms with van der Waals surface area (Å²) in [6.07, 6.45) is 3.43. The molecule has 0 radical (unpaired) electrons. The van der Waals surface area contributed by atoms with E-state index in [9.17, 15) is 14.0 Å². The summed E-state index contributed by atoms with van der Waals surface area (Å²) in [6.45, 7) is 2.87. The highest BCUT2D eigenvalue weighted by Gasteiger charge is 2.28. The highest BCUT2D eigenvalue weighted by atomic mass is 19.1. The minimum atomic E-state index is -0.570. The monoisotopic (exact) mass is 440 g/mol. The van der Waals surface area contributed by atoms with E-state index >= 15 is 0 Å². The molecule has 9 heteroatoms. The Kier molecular flexibility index (Phi) is 6.36. The predicted molar refractivity (Wildman–Crippen MR) is 118 cm³/mol. The van der Waals surface area contributed by atoms with Gasteiger partial charge < -0.3 is 24.7 Å². The van der Waals surface area contributed by atoms with Gasteiger partial charge in [-0.05, 0) is 36.6 Å². The largest absolute Gasteiger partial charge is 0.464 e. The molecule has 1 aromatic carbocycles. The third-order valence-electron chi connectivity index (χ3n) is 5.37. The van der Waals surface area contributed by atoms with Crippen LogP contribution < -0.4 is 10.6 Å². The van der Waals surface area contributed by atoms with Gasteiger partial charge in [0.2, 0.25) is 5.91 Å². The SMILES string of the molecule is COC(=O)c1c(NC(C)=O)c2cc(NCc3cccc(F)c3)cnc2n1CC1CCCO1. The molecule has 0 aliphatic carbocycles. The summed E-state index contributed by atoms with van der Waals surface area (Å²) in [4.78, 5) is 29.2. The second-order valence-electron chi connectivity index (χ2n) is 7.72. The van der Waals surface area contributed by atoms with Gasteiger partial charge in [-0.1, -0.05) is 12.1 Å². The van der Waals surface area contributed by atoms with Gasteiger partial charge in [-0.15, -0.1) is 0 Å². The number of amides is 1. The molecule has 1 amide bonds. The predicted octanol–water partition coefficient (Wildman–Crippen LogP) is 3.71. The molecule has 0 spiro atoms. The van der Waals surface area contributed by atoms with E-state index in [4.69, 9.17) is 9.47 Å². The van der Waals surface area contributed by atoms with Crippen molar-refractivity contribution in [2.24, 2.45) is 0 Å². The number of methoxy groups -OCH3 is 1. The van der Waals surface area contributed by atoms with E-state index in [1.165, 1.54) is 26.2 Å². The van der Waals surface area contributed by atoms with Gasteiger partial charge in [0.05, 0.1) is 37.3 Å². The van der Waals surface area contributed by atoms with E-state index in [0.717, 1.165) is 18.4 Å². The first-order valence-electron chi connectivity index (χ1n) is 10.4. The maximum Gasteiger partial charge on any atom is 0.356 e. The fourth-order valence-electron chi connectivity index (χ4n) is 3.95. The van der Waals surface area contributed by atoms with Crippen LogP contribution in [0.3, 0.4) is 0 Å². The Balaban J connectivity index is 1.75. The number of hydrogen-bond acceptors (Lipinski definition) is 6. The van der Waals surface area contributed by atoms with Gasteiger partial charge >= 0.3 is 5.97 Å². The van der Waals surface area contributed by atoms with Crippen molar-refractivity contribution in [3.63, 3.8) is 0 Å². The molecule has 1 atom stereocenters. The standard InChI is InChI=1S/C23H25FN4O4/c1-14(29)27-20-19-10-17(25-11-15-5-3-6-16(24)9-15)12-26-22(19)28(21(20)23(30)31-2)13-18-7-4-8-32-18/h3,5-6,9-10,12,18,25H,4,7-8,11,13H2,1-2H3,(H,27,29). The first-order valence-corrected chi connectivity index (χ1v) is 10.4. The summed E-state index contributed by atoms with van der Waals surface area (Å²) < 4.78 is 26.0. The molecule has 2 N–H and O–H groups in total. The molecule has 2 aromatic heterocycles.